The number of Topliss-reactive ketones (excluding diaryl/α,β-unsaturated/α-hetero) is 1. The molecule has 0 heterocycles. The number of amides is 1. The van der Waals surface area contributed by atoms with Crippen LogP contribution in [0.25, 0.3) is 0 Å². The number of aliphatic hydroxyl groups is 3. The molecule has 0 spiro atoms. The number of hydrogen-bond acceptors (Lipinski definition) is 9. The highest BCUT2D eigenvalue weighted by Gasteiger charge is 2.68. The third-order valence-corrected chi connectivity index (χ3v) is 11.1. The quantitative estimate of drug-likeness (QED) is 0.234. The number of carboxylic acid groups (broad SMARTS) is 1. The number of aliphatic hydroxyl groups excluding tert-OH is 2. The Morgan fingerprint density at radius 2 is 1.81 bits per heavy atom. The molecular formula is C31H45NO10. The maximum Gasteiger partial charge on any atom is 0.333 e. The minimum Gasteiger partial charge on any atom is -0.479 e. The van der Waals surface area contributed by atoms with E-state index in [1.807, 2.05) is 6.92 Å². The van der Waals surface area contributed by atoms with Crippen LogP contribution in [0, 0.1) is 34.0 Å². The predicted molar refractivity (Wildman–Crippen MR) is 149 cm³/mol. The van der Waals surface area contributed by atoms with Crippen molar-refractivity contribution in [1.82, 2.24) is 5.32 Å². The van der Waals surface area contributed by atoms with Gasteiger partial charge in [0, 0.05) is 30.2 Å². The van der Waals surface area contributed by atoms with E-state index in [1.54, 1.807) is 6.08 Å². The number of carbonyl (C=O) groups excluding carboxylic acids is 4. The van der Waals surface area contributed by atoms with Gasteiger partial charge in [0.05, 0.1) is 12.5 Å². The number of allylic oxidation sites excluding steroid dienone is 1. The molecule has 0 radical (unpaired) electrons. The second kappa shape index (κ2) is 11.5. The van der Waals surface area contributed by atoms with Gasteiger partial charge in [-0.25, -0.2) is 4.79 Å². The van der Waals surface area contributed by atoms with Gasteiger partial charge in [0.15, 0.2) is 18.5 Å². The van der Waals surface area contributed by atoms with Crippen LogP contribution in [0.3, 0.4) is 0 Å². The number of rotatable bonds is 10. The number of fused-ring (bicyclic) bond motifs is 5. The van der Waals surface area contributed by atoms with Gasteiger partial charge in [-0.1, -0.05) is 33.3 Å². The van der Waals surface area contributed by atoms with Gasteiger partial charge < -0.3 is 30.5 Å². The molecule has 4 rings (SSSR count). The van der Waals surface area contributed by atoms with E-state index in [1.165, 1.54) is 13.8 Å². The normalized spacial score (nSPS) is 36.5. The Labute approximate surface area is 246 Å². The molecule has 8 atom stereocenters. The number of ether oxygens (including phenoxy) is 1. The standard InChI is InChI=1S/C31H45NO10/c1-28(2,26(38)27(39)40)16-32-23(36)7-8-24(37)42-15-22(35)31(41)12-10-20-19-6-5-17-13-18(33)9-11-29(17,3)25(19)21(34)14-30(20,31)4/h13,19-21,25-26,34,38,41H,5-12,14-16H2,1-4H3,(H,32,36)(H,39,40). The van der Waals surface area contributed by atoms with Gasteiger partial charge in [-0.3, -0.25) is 19.2 Å². The molecule has 0 aromatic carbocycles. The number of aliphatic carboxylic acids is 1. The van der Waals surface area contributed by atoms with Crippen LogP contribution in [0.1, 0.15) is 85.5 Å². The van der Waals surface area contributed by atoms with Crippen LogP contribution in [0.4, 0.5) is 0 Å². The number of carboxylic acids is 1. The summed E-state index contributed by atoms with van der Waals surface area (Å²) < 4.78 is 5.15. The number of esters is 1. The minimum atomic E-state index is -1.77. The summed E-state index contributed by atoms with van der Waals surface area (Å²) in [6.07, 6.45) is 2.50. The van der Waals surface area contributed by atoms with Crippen molar-refractivity contribution < 1.29 is 49.1 Å². The van der Waals surface area contributed by atoms with E-state index < -0.39 is 58.9 Å². The Hall–Kier alpha value is -2.63. The van der Waals surface area contributed by atoms with E-state index in [0.29, 0.717) is 19.3 Å². The summed E-state index contributed by atoms with van der Waals surface area (Å²) in [5, 5.41) is 44.5. The number of nitrogens with one attached hydrogen (secondary N) is 1. The second-order valence-electron chi connectivity index (χ2n) is 14.1. The predicted octanol–water partition coefficient (Wildman–Crippen LogP) is 1.70. The summed E-state index contributed by atoms with van der Waals surface area (Å²) in [5.74, 6) is -3.18. The fourth-order valence-electron chi connectivity index (χ4n) is 8.55. The molecule has 4 aliphatic carbocycles. The molecule has 3 saturated carbocycles. The van der Waals surface area contributed by atoms with Gasteiger partial charge in [-0.2, -0.15) is 0 Å². The van der Waals surface area contributed by atoms with Gasteiger partial charge in [0.2, 0.25) is 11.7 Å². The van der Waals surface area contributed by atoms with Crippen molar-refractivity contribution in [1.29, 1.82) is 0 Å². The molecule has 234 valence electrons. The van der Waals surface area contributed by atoms with Crippen molar-refractivity contribution in [2.75, 3.05) is 13.2 Å². The summed E-state index contributed by atoms with van der Waals surface area (Å²) >= 11 is 0. The molecule has 11 heteroatoms. The van der Waals surface area contributed by atoms with Crippen molar-refractivity contribution in [2.45, 2.75) is 103 Å². The zero-order valence-electron chi connectivity index (χ0n) is 25.0. The Kier molecular flexibility index (Phi) is 8.81. The van der Waals surface area contributed by atoms with Gasteiger partial charge in [0.25, 0.3) is 0 Å². The maximum absolute atomic E-state index is 13.4. The van der Waals surface area contributed by atoms with Gasteiger partial charge in [0.1, 0.15) is 5.60 Å². The van der Waals surface area contributed by atoms with E-state index in [9.17, 15) is 39.3 Å². The van der Waals surface area contributed by atoms with Crippen molar-refractivity contribution in [3.63, 3.8) is 0 Å². The third kappa shape index (κ3) is 5.55. The van der Waals surface area contributed by atoms with E-state index >= 15 is 0 Å². The highest BCUT2D eigenvalue weighted by atomic mass is 16.5. The van der Waals surface area contributed by atoms with Gasteiger partial charge in [-0.05, 0) is 67.8 Å². The number of ketones is 2. The van der Waals surface area contributed by atoms with Crippen LogP contribution in [-0.4, -0.2) is 80.8 Å². The smallest absolute Gasteiger partial charge is 0.333 e. The minimum absolute atomic E-state index is 0.000790. The van der Waals surface area contributed by atoms with E-state index in [-0.39, 0.29) is 61.2 Å². The van der Waals surface area contributed by atoms with Crippen molar-refractivity contribution in [3.8, 4) is 0 Å². The molecule has 0 aromatic heterocycles. The molecule has 0 aromatic rings. The molecule has 11 nitrogen and oxygen atoms in total. The van der Waals surface area contributed by atoms with Crippen molar-refractivity contribution >= 4 is 29.4 Å². The molecule has 4 aliphatic rings. The van der Waals surface area contributed by atoms with Gasteiger partial charge >= 0.3 is 11.9 Å². The Morgan fingerprint density at radius 3 is 2.48 bits per heavy atom. The SMILES string of the molecule is CC(C)(CNC(=O)CCC(=O)OCC(=O)C1(O)CCC2C3CCC4=CC(=O)CCC4(C)C3C(O)CC21C)C(O)C(=O)O. The molecule has 0 aliphatic heterocycles. The van der Waals surface area contributed by atoms with Crippen LogP contribution in [0.15, 0.2) is 11.6 Å². The molecule has 8 unspecified atom stereocenters. The third-order valence-electron chi connectivity index (χ3n) is 11.1. The van der Waals surface area contributed by atoms with Crippen molar-refractivity contribution in [2.24, 2.45) is 34.0 Å². The lowest BCUT2D eigenvalue weighted by Crippen LogP contribution is -2.62. The molecule has 0 saturated heterocycles. The highest BCUT2D eigenvalue weighted by Crippen LogP contribution is 2.67. The maximum atomic E-state index is 13.4. The first-order valence-corrected chi connectivity index (χ1v) is 15.0. The molecule has 1 amide bonds. The molecule has 0 bridgehead atoms. The monoisotopic (exact) mass is 591 g/mol. The van der Waals surface area contributed by atoms with E-state index in [4.69, 9.17) is 9.84 Å². The average molecular weight is 592 g/mol. The largest absolute Gasteiger partial charge is 0.479 e. The summed E-state index contributed by atoms with van der Waals surface area (Å²) in [6, 6.07) is 0. The van der Waals surface area contributed by atoms with Crippen LogP contribution >= 0.6 is 0 Å². The lowest BCUT2D eigenvalue weighted by molar-refractivity contribution is -0.184. The van der Waals surface area contributed by atoms with Crippen LogP contribution in [0.2, 0.25) is 0 Å². The Bertz CT molecular complexity index is 1180. The van der Waals surface area contributed by atoms with Crippen LogP contribution in [-0.2, 0) is 28.7 Å². The number of hydrogen-bond donors (Lipinski definition) is 5. The first kappa shape index (κ1) is 32.3. The average Bonchev–Trinajstić information content (AvgIpc) is 3.19. The molecular weight excluding hydrogens is 546 g/mol. The zero-order valence-corrected chi connectivity index (χ0v) is 25.0. The second-order valence-corrected chi connectivity index (χ2v) is 14.1. The van der Waals surface area contributed by atoms with E-state index in [0.717, 1.165) is 18.4 Å². The fourth-order valence-corrected chi connectivity index (χ4v) is 8.55. The van der Waals surface area contributed by atoms with Gasteiger partial charge in [-0.15, -0.1) is 0 Å². The Balaban J connectivity index is 1.33. The topological polar surface area (TPSA) is 188 Å². The first-order chi connectivity index (χ1) is 19.5. The molecule has 3 fully saturated rings. The summed E-state index contributed by atoms with van der Waals surface area (Å²) in [6.45, 7) is 6.19. The lowest BCUT2D eigenvalue weighted by atomic mass is 9.45. The Morgan fingerprint density at radius 1 is 1.12 bits per heavy atom. The summed E-state index contributed by atoms with van der Waals surface area (Å²) in [5.41, 5.74) is -2.97. The van der Waals surface area contributed by atoms with Crippen LogP contribution < -0.4 is 5.32 Å². The molecule has 5 N–H and O–H groups in total. The molecule has 42 heavy (non-hydrogen) atoms. The van der Waals surface area contributed by atoms with E-state index in [2.05, 4.69) is 12.2 Å². The summed E-state index contributed by atoms with van der Waals surface area (Å²) in [4.78, 5) is 61.0. The summed E-state index contributed by atoms with van der Waals surface area (Å²) in [7, 11) is 0. The zero-order chi connectivity index (χ0) is 31.3. The van der Waals surface area contributed by atoms with Crippen LogP contribution in [0.5, 0.6) is 0 Å². The number of carbonyl (C=O) groups is 5. The highest BCUT2D eigenvalue weighted by molar-refractivity contribution is 5.92. The lowest BCUT2D eigenvalue weighted by Gasteiger charge is -2.60. The first-order valence-electron chi connectivity index (χ1n) is 15.0. The fraction of sp³-hybridized carbons (Fsp3) is 0.774. The van der Waals surface area contributed by atoms with Crippen molar-refractivity contribution in [3.05, 3.63) is 11.6 Å².